The van der Waals surface area contributed by atoms with E-state index in [2.05, 4.69) is 92.9 Å². The van der Waals surface area contributed by atoms with Gasteiger partial charge >= 0.3 is 5.97 Å². The maximum absolute atomic E-state index is 11.9. The number of unbranched alkanes of at least 4 members (excludes halogenated alkanes) is 9. The van der Waals surface area contributed by atoms with Crippen molar-refractivity contribution >= 4 is 67.9 Å². The van der Waals surface area contributed by atoms with Crippen molar-refractivity contribution < 1.29 is 9.90 Å². The Labute approximate surface area is 340 Å². The smallest absolute Gasteiger partial charge is 0.346 e. The second-order valence-corrected chi connectivity index (χ2v) is 18.0. The van der Waals surface area contributed by atoms with Gasteiger partial charge in [0, 0.05) is 57.6 Å². The highest BCUT2D eigenvalue weighted by Crippen LogP contribution is 2.48. The van der Waals surface area contributed by atoms with Crippen molar-refractivity contribution in [3.05, 3.63) is 87.8 Å². The number of aromatic nitrogens is 1. The predicted octanol–water partition coefficient (Wildman–Crippen LogP) is 15.4. The van der Waals surface area contributed by atoms with Crippen molar-refractivity contribution in [1.82, 2.24) is 4.57 Å². The topological polar surface area (TPSA) is 66.0 Å². The van der Waals surface area contributed by atoms with Crippen LogP contribution >= 0.6 is 34.0 Å². The molecule has 0 aliphatic carbocycles. The number of fused-ring (bicyclic) bond motifs is 3. The lowest BCUT2D eigenvalue weighted by Gasteiger charge is -2.03. The molecule has 6 aromatic rings. The van der Waals surface area contributed by atoms with Crippen LogP contribution in [0, 0.1) is 11.3 Å². The maximum atomic E-state index is 11.9. The van der Waals surface area contributed by atoms with Crippen LogP contribution in [0.3, 0.4) is 0 Å². The lowest BCUT2D eigenvalue weighted by atomic mass is 10.0. The third-order valence-corrected chi connectivity index (χ3v) is 14.7. The Morgan fingerprint density at radius 1 is 0.655 bits per heavy atom. The molecule has 0 unspecified atom stereocenters. The Morgan fingerprint density at radius 2 is 1.20 bits per heavy atom. The molecule has 0 saturated carbocycles. The van der Waals surface area contributed by atoms with Gasteiger partial charge in [-0.3, -0.25) is 0 Å². The van der Waals surface area contributed by atoms with E-state index in [9.17, 15) is 15.2 Å². The van der Waals surface area contributed by atoms with E-state index in [1.165, 1.54) is 121 Å². The molecule has 0 amide bonds. The lowest BCUT2D eigenvalue weighted by Crippen LogP contribution is -1.97. The molecule has 0 saturated heterocycles. The van der Waals surface area contributed by atoms with Gasteiger partial charge in [-0.1, -0.05) is 103 Å². The fourth-order valence-electron chi connectivity index (χ4n) is 7.82. The number of carboxylic acid groups (broad SMARTS) is 1. The Kier molecular flexibility index (Phi) is 14.6. The minimum Gasteiger partial charge on any atom is -0.477 e. The van der Waals surface area contributed by atoms with Crippen molar-refractivity contribution in [2.75, 3.05) is 0 Å². The standard InChI is InChI=1S/C48H56N2O2S3/c1-5-9-12-15-20-33-28-44(53-42(33)31-37(32-49)48(51)52)46-36(22-17-14-11-7-3)30-45(55-46)47-35(21-16-13-10-6-2)29-43(54-47)34-25-26-41-39(27-34)38-23-18-19-24-40(38)50(41)8-4/h18-19,23-31H,5-17,20-22H2,1-4H3,(H,51,52)/b37-31+. The summed E-state index contributed by atoms with van der Waals surface area (Å²) in [5, 5.41) is 22.0. The van der Waals surface area contributed by atoms with E-state index in [0.717, 1.165) is 55.5 Å². The zero-order chi connectivity index (χ0) is 38.7. The predicted molar refractivity (Wildman–Crippen MR) is 240 cm³/mol. The average Bonchev–Trinajstić information content (AvgIpc) is 3.98. The van der Waals surface area contributed by atoms with Gasteiger partial charge in [-0.25, -0.2) is 4.79 Å². The number of hydrogen-bond acceptors (Lipinski definition) is 5. The van der Waals surface area contributed by atoms with Crippen LogP contribution in [0.5, 0.6) is 0 Å². The monoisotopic (exact) mass is 788 g/mol. The Bertz CT molecular complexity index is 2290. The van der Waals surface area contributed by atoms with Gasteiger partial charge in [-0.15, -0.1) is 34.0 Å². The molecule has 0 spiro atoms. The van der Waals surface area contributed by atoms with Crippen LogP contribution < -0.4 is 0 Å². The SMILES string of the molecule is CCCCCCc1cc(-c2sc(-c3sc(-c4ccc5c(c4)c4ccccc4n5CC)cc3CCCCCC)cc2CCCCCC)sc1/C=C(\C#N)C(=O)O. The van der Waals surface area contributed by atoms with E-state index in [0.29, 0.717) is 0 Å². The number of para-hydroxylation sites is 1. The molecule has 288 valence electrons. The van der Waals surface area contributed by atoms with E-state index in [-0.39, 0.29) is 5.57 Å². The van der Waals surface area contributed by atoms with Crippen LogP contribution in [0.25, 0.3) is 57.8 Å². The average molecular weight is 789 g/mol. The third kappa shape index (κ3) is 9.54. The number of hydrogen-bond donors (Lipinski definition) is 1. The number of aryl methyl sites for hydroxylation is 4. The van der Waals surface area contributed by atoms with Gasteiger partial charge in [-0.2, -0.15) is 5.26 Å². The molecule has 0 radical (unpaired) electrons. The summed E-state index contributed by atoms with van der Waals surface area (Å²) >= 11 is 5.50. The highest BCUT2D eigenvalue weighted by molar-refractivity contribution is 7.27. The van der Waals surface area contributed by atoms with Crippen molar-refractivity contribution in [2.45, 2.75) is 131 Å². The second-order valence-electron chi connectivity index (χ2n) is 14.8. The number of rotatable bonds is 21. The highest BCUT2D eigenvalue weighted by Gasteiger charge is 2.22. The Morgan fingerprint density at radius 3 is 1.80 bits per heavy atom. The Balaban J connectivity index is 1.45. The largest absolute Gasteiger partial charge is 0.477 e. The molecule has 7 heteroatoms. The molecule has 2 aromatic carbocycles. The molecule has 6 rings (SSSR count). The molecule has 0 aliphatic rings. The normalized spacial score (nSPS) is 11.9. The van der Waals surface area contributed by atoms with Crippen molar-refractivity contribution in [3.8, 4) is 36.0 Å². The van der Waals surface area contributed by atoms with Gasteiger partial charge in [0.15, 0.2) is 0 Å². The third-order valence-electron chi connectivity index (χ3n) is 10.8. The number of carbonyl (C=O) groups is 1. The van der Waals surface area contributed by atoms with Crippen LogP contribution in [0.4, 0.5) is 0 Å². The Hall–Kier alpha value is -3.96. The van der Waals surface area contributed by atoms with E-state index in [1.807, 2.05) is 28.7 Å². The molecular formula is C48H56N2O2S3. The first-order valence-electron chi connectivity index (χ1n) is 20.7. The van der Waals surface area contributed by atoms with Crippen LogP contribution in [0.1, 0.15) is 126 Å². The van der Waals surface area contributed by atoms with E-state index in [4.69, 9.17) is 0 Å². The van der Waals surface area contributed by atoms with Crippen LogP contribution in [-0.4, -0.2) is 15.6 Å². The zero-order valence-electron chi connectivity index (χ0n) is 33.1. The van der Waals surface area contributed by atoms with Gasteiger partial charge < -0.3 is 9.67 Å². The minimum atomic E-state index is -1.17. The van der Waals surface area contributed by atoms with Gasteiger partial charge in [-0.05, 0) is 110 Å². The number of carboxylic acids is 1. The highest BCUT2D eigenvalue weighted by atomic mass is 32.1. The van der Waals surface area contributed by atoms with Crippen LogP contribution in [-0.2, 0) is 30.6 Å². The zero-order valence-corrected chi connectivity index (χ0v) is 35.6. The van der Waals surface area contributed by atoms with Gasteiger partial charge in [0.2, 0.25) is 0 Å². The van der Waals surface area contributed by atoms with E-state index < -0.39 is 5.97 Å². The van der Waals surface area contributed by atoms with Gasteiger partial charge in [0.05, 0.1) is 0 Å². The molecule has 0 fully saturated rings. The molecular weight excluding hydrogens is 733 g/mol. The molecule has 0 aliphatic heterocycles. The van der Waals surface area contributed by atoms with Crippen LogP contribution in [0.2, 0.25) is 0 Å². The van der Waals surface area contributed by atoms with Gasteiger partial charge in [0.1, 0.15) is 11.6 Å². The molecule has 4 nitrogen and oxygen atoms in total. The number of thiophene rings is 3. The lowest BCUT2D eigenvalue weighted by molar-refractivity contribution is -0.132. The summed E-state index contributed by atoms with van der Waals surface area (Å²) in [4.78, 5) is 19.4. The van der Waals surface area contributed by atoms with Crippen molar-refractivity contribution in [3.63, 3.8) is 0 Å². The fourth-order valence-corrected chi connectivity index (χ4v) is 11.7. The summed E-state index contributed by atoms with van der Waals surface area (Å²) in [5.74, 6) is -1.17. The first-order chi connectivity index (χ1) is 26.9. The van der Waals surface area contributed by atoms with E-state index >= 15 is 0 Å². The molecule has 4 heterocycles. The number of nitriles is 1. The quantitative estimate of drug-likeness (QED) is 0.0449. The van der Waals surface area contributed by atoms with Crippen LogP contribution in [0.15, 0.2) is 66.2 Å². The number of benzene rings is 2. The summed E-state index contributed by atoms with van der Waals surface area (Å²) in [6.07, 6.45) is 18.9. The van der Waals surface area contributed by atoms with Crippen molar-refractivity contribution in [2.24, 2.45) is 0 Å². The molecule has 0 atom stereocenters. The second kappa shape index (κ2) is 19.8. The molecule has 0 bridgehead atoms. The number of nitrogens with zero attached hydrogens (tertiary/aromatic N) is 2. The molecule has 4 aromatic heterocycles. The minimum absolute atomic E-state index is 0.203. The number of aliphatic carboxylic acids is 1. The summed E-state index contributed by atoms with van der Waals surface area (Å²) in [6, 6.07) is 25.0. The first kappa shape index (κ1) is 40.7. The van der Waals surface area contributed by atoms with Gasteiger partial charge in [0.25, 0.3) is 0 Å². The summed E-state index contributed by atoms with van der Waals surface area (Å²) in [5.41, 5.74) is 7.66. The summed E-state index contributed by atoms with van der Waals surface area (Å²) < 4.78 is 2.42. The molecule has 1 N–H and O–H groups in total. The fraction of sp³-hybridized carbons (Fsp3) is 0.417. The summed E-state index contributed by atoms with van der Waals surface area (Å²) in [6.45, 7) is 9.93. The molecule has 55 heavy (non-hydrogen) atoms. The van der Waals surface area contributed by atoms with E-state index in [1.54, 1.807) is 17.4 Å². The van der Waals surface area contributed by atoms with Crippen molar-refractivity contribution in [1.29, 1.82) is 5.26 Å². The maximum Gasteiger partial charge on any atom is 0.346 e. The first-order valence-corrected chi connectivity index (χ1v) is 23.1. The summed E-state index contributed by atoms with van der Waals surface area (Å²) in [7, 11) is 0.